The maximum Gasteiger partial charge on any atom is 0.312 e. The molecule has 0 radical (unpaired) electrons. The van der Waals surface area contributed by atoms with Gasteiger partial charge in [0.1, 0.15) is 0 Å². The summed E-state index contributed by atoms with van der Waals surface area (Å²) in [6, 6.07) is 0. The monoisotopic (exact) mass is 637 g/mol. The van der Waals surface area contributed by atoms with Crippen LogP contribution in [0.15, 0.2) is 12.2 Å². The summed E-state index contributed by atoms with van der Waals surface area (Å²) < 4.78 is 5.66. The molecule has 0 aromatic carbocycles. The number of rotatable bonds is 30. The minimum Gasteiger partial charge on any atom is -0.481 e. The number of hydrogen-bond acceptors (Lipinski definition) is 3. The standard InChI is InChI=1S/C27H52O2.C14H28O2/c1-8-9-10-11-12-13-14-15-16-17-18-19-20-21-22-27(23(2)3,24(4)5)26(28)29-25(6)7;1-2-3-4-5-6-7-8-9-10-11-12-13-14(15)16/h15-16,23-25H,8-14,17-22H2,1-7H3;2-13H2,1H3,(H,15,16)/b16-15-;. The highest BCUT2D eigenvalue weighted by molar-refractivity contribution is 5.77. The number of esters is 1. The van der Waals surface area contributed by atoms with E-state index in [0.29, 0.717) is 18.3 Å². The molecular weight excluding hydrogens is 556 g/mol. The number of carboxylic acid groups (broad SMARTS) is 1. The normalized spacial score (nSPS) is 11.9. The van der Waals surface area contributed by atoms with Crippen molar-refractivity contribution < 1.29 is 19.4 Å². The minimum absolute atomic E-state index is 0.00938. The maximum atomic E-state index is 12.9. The molecule has 0 saturated carbocycles. The number of hydrogen-bond donors (Lipinski definition) is 1. The minimum atomic E-state index is -0.657. The van der Waals surface area contributed by atoms with Crippen LogP contribution in [0, 0.1) is 17.3 Å². The molecule has 0 spiro atoms. The van der Waals surface area contributed by atoms with Crippen LogP contribution in [0.4, 0.5) is 0 Å². The molecular formula is C41H80O4. The molecule has 45 heavy (non-hydrogen) atoms. The van der Waals surface area contributed by atoms with E-state index in [9.17, 15) is 9.59 Å². The third kappa shape index (κ3) is 27.5. The van der Waals surface area contributed by atoms with Gasteiger partial charge in [-0.2, -0.15) is 0 Å². The highest BCUT2D eigenvalue weighted by atomic mass is 16.5. The maximum absolute atomic E-state index is 12.9. The molecule has 0 rings (SSSR count). The van der Waals surface area contributed by atoms with Gasteiger partial charge in [0.15, 0.2) is 0 Å². The molecule has 0 aliphatic heterocycles. The Bertz CT molecular complexity index is 671. The molecule has 0 atom stereocenters. The smallest absolute Gasteiger partial charge is 0.312 e. The summed E-state index contributed by atoms with van der Waals surface area (Å²) in [5.41, 5.74) is -0.346. The summed E-state index contributed by atoms with van der Waals surface area (Å²) in [6.45, 7) is 17.1. The number of allylic oxidation sites excluding steroid dienone is 2. The Morgan fingerprint density at radius 1 is 0.556 bits per heavy atom. The van der Waals surface area contributed by atoms with Gasteiger partial charge in [-0.25, -0.2) is 0 Å². The van der Waals surface area contributed by atoms with Gasteiger partial charge in [0.25, 0.3) is 0 Å². The SMILES string of the molecule is CCCCCCCC/C=C\CCCCCCC(C(=O)OC(C)C)(C(C)C)C(C)C.CCCCCCCCCCCCCC(=O)O. The molecule has 0 heterocycles. The van der Waals surface area contributed by atoms with Crippen molar-refractivity contribution in [3.63, 3.8) is 0 Å². The van der Waals surface area contributed by atoms with Crippen molar-refractivity contribution in [2.24, 2.45) is 17.3 Å². The first-order valence-electron chi connectivity index (χ1n) is 19.6. The largest absolute Gasteiger partial charge is 0.481 e. The van der Waals surface area contributed by atoms with Crippen LogP contribution in [-0.2, 0) is 14.3 Å². The molecule has 0 aromatic heterocycles. The highest BCUT2D eigenvalue weighted by Crippen LogP contribution is 2.42. The molecule has 0 aliphatic rings. The van der Waals surface area contributed by atoms with Gasteiger partial charge >= 0.3 is 11.9 Å². The van der Waals surface area contributed by atoms with E-state index in [1.165, 1.54) is 128 Å². The molecule has 1 N–H and O–H groups in total. The van der Waals surface area contributed by atoms with E-state index in [0.717, 1.165) is 25.7 Å². The lowest BCUT2D eigenvalue weighted by Crippen LogP contribution is -2.43. The molecule has 0 aliphatic carbocycles. The van der Waals surface area contributed by atoms with Crippen LogP contribution in [0.1, 0.15) is 216 Å². The number of carboxylic acids is 1. The lowest BCUT2D eigenvalue weighted by Gasteiger charge is -2.39. The Hall–Kier alpha value is -1.32. The average molecular weight is 637 g/mol. The first-order valence-corrected chi connectivity index (χ1v) is 19.6. The lowest BCUT2D eigenvalue weighted by atomic mass is 9.66. The van der Waals surface area contributed by atoms with E-state index in [-0.39, 0.29) is 17.5 Å². The van der Waals surface area contributed by atoms with E-state index in [1.54, 1.807) is 0 Å². The molecule has 4 nitrogen and oxygen atoms in total. The first kappa shape index (κ1) is 45.8. The number of unbranched alkanes of at least 4 members (excludes halogenated alkanes) is 20. The molecule has 0 amide bonds. The summed E-state index contributed by atoms with van der Waals surface area (Å²) in [4.78, 5) is 23.2. The molecule has 268 valence electrons. The van der Waals surface area contributed by atoms with Crippen LogP contribution in [0.2, 0.25) is 0 Å². The van der Waals surface area contributed by atoms with Crippen LogP contribution in [0.3, 0.4) is 0 Å². The second kappa shape index (κ2) is 32.6. The Labute approximate surface area is 282 Å². The van der Waals surface area contributed by atoms with Crippen LogP contribution < -0.4 is 0 Å². The number of aliphatic carboxylic acids is 1. The second-order valence-corrected chi connectivity index (χ2v) is 14.5. The van der Waals surface area contributed by atoms with E-state index in [2.05, 4.69) is 53.7 Å². The van der Waals surface area contributed by atoms with Crippen molar-refractivity contribution in [1.29, 1.82) is 0 Å². The fourth-order valence-electron chi connectivity index (χ4n) is 6.39. The quantitative estimate of drug-likeness (QED) is 0.0484. The van der Waals surface area contributed by atoms with Crippen molar-refractivity contribution in [1.82, 2.24) is 0 Å². The summed E-state index contributed by atoms with van der Waals surface area (Å²) in [6.07, 6.45) is 35.6. The van der Waals surface area contributed by atoms with Gasteiger partial charge in [0.2, 0.25) is 0 Å². The predicted molar refractivity (Wildman–Crippen MR) is 197 cm³/mol. The topological polar surface area (TPSA) is 63.6 Å². The summed E-state index contributed by atoms with van der Waals surface area (Å²) >= 11 is 0. The molecule has 0 aromatic rings. The van der Waals surface area contributed by atoms with Crippen LogP contribution in [-0.4, -0.2) is 23.1 Å². The van der Waals surface area contributed by atoms with Gasteiger partial charge in [-0.3, -0.25) is 9.59 Å². The number of ether oxygens (including phenoxy) is 1. The summed E-state index contributed by atoms with van der Waals surface area (Å²) in [7, 11) is 0. The Kier molecular flexibility index (Phi) is 33.2. The average Bonchev–Trinajstić information content (AvgIpc) is 2.97. The zero-order valence-corrected chi connectivity index (χ0v) is 31.7. The van der Waals surface area contributed by atoms with E-state index >= 15 is 0 Å². The Balaban J connectivity index is 0. The van der Waals surface area contributed by atoms with Crippen LogP contribution in [0.5, 0.6) is 0 Å². The molecule has 0 bridgehead atoms. The number of carbonyl (C=O) groups excluding carboxylic acids is 1. The van der Waals surface area contributed by atoms with Crippen LogP contribution in [0.25, 0.3) is 0 Å². The van der Waals surface area contributed by atoms with Crippen LogP contribution >= 0.6 is 0 Å². The third-order valence-electron chi connectivity index (χ3n) is 9.38. The summed E-state index contributed by atoms with van der Waals surface area (Å²) in [5, 5.41) is 8.46. The Morgan fingerprint density at radius 2 is 0.911 bits per heavy atom. The van der Waals surface area contributed by atoms with E-state index in [4.69, 9.17) is 9.84 Å². The van der Waals surface area contributed by atoms with Gasteiger partial charge < -0.3 is 9.84 Å². The van der Waals surface area contributed by atoms with Crippen molar-refractivity contribution in [3.8, 4) is 0 Å². The lowest BCUT2D eigenvalue weighted by molar-refractivity contribution is -0.167. The molecule has 0 saturated heterocycles. The summed E-state index contributed by atoms with van der Waals surface area (Å²) in [5.74, 6) is -0.0386. The fraction of sp³-hybridized carbons (Fsp3) is 0.902. The van der Waals surface area contributed by atoms with E-state index in [1.807, 2.05) is 13.8 Å². The Morgan fingerprint density at radius 3 is 1.27 bits per heavy atom. The van der Waals surface area contributed by atoms with E-state index < -0.39 is 5.97 Å². The van der Waals surface area contributed by atoms with Gasteiger partial charge in [-0.05, 0) is 64.2 Å². The number of carbonyl (C=O) groups is 2. The van der Waals surface area contributed by atoms with Gasteiger partial charge in [0.05, 0.1) is 11.5 Å². The molecule has 4 heteroatoms. The zero-order chi connectivity index (χ0) is 34.2. The van der Waals surface area contributed by atoms with Gasteiger partial charge in [-0.1, -0.05) is 169 Å². The predicted octanol–water partition coefficient (Wildman–Crippen LogP) is 13.7. The van der Waals surface area contributed by atoms with Crippen molar-refractivity contribution in [2.45, 2.75) is 222 Å². The molecule has 0 fully saturated rings. The van der Waals surface area contributed by atoms with Gasteiger partial charge in [0, 0.05) is 6.42 Å². The van der Waals surface area contributed by atoms with Crippen molar-refractivity contribution in [2.75, 3.05) is 0 Å². The highest BCUT2D eigenvalue weighted by Gasteiger charge is 2.45. The molecule has 0 unspecified atom stereocenters. The van der Waals surface area contributed by atoms with Gasteiger partial charge in [-0.15, -0.1) is 0 Å². The third-order valence-corrected chi connectivity index (χ3v) is 9.38. The second-order valence-electron chi connectivity index (χ2n) is 14.5. The fourth-order valence-corrected chi connectivity index (χ4v) is 6.39. The zero-order valence-electron chi connectivity index (χ0n) is 31.7. The van der Waals surface area contributed by atoms with Crippen molar-refractivity contribution in [3.05, 3.63) is 12.2 Å². The first-order chi connectivity index (χ1) is 21.6. The van der Waals surface area contributed by atoms with Crippen molar-refractivity contribution >= 4 is 11.9 Å².